The molecule has 0 aromatic carbocycles. The molecule has 0 saturated heterocycles. The van der Waals surface area contributed by atoms with E-state index in [0.29, 0.717) is 0 Å². The van der Waals surface area contributed by atoms with E-state index in [2.05, 4.69) is 9.97 Å². The van der Waals surface area contributed by atoms with Crippen LogP contribution in [0.3, 0.4) is 0 Å². The van der Waals surface area contributed by atoms with Gasteiger partial charge in [-0.2, -0.15) is 0 Å². The fourth-order valence-corrected chi connectivity index (χ4v) is 3.71. The van der Waals surface area contributed by atoms with Crippen molar-refractivity contribution >= 4 is 27.7 Å². The van der Waals surface area contributed by atoms with Crippen molar-refractivity contribution in [3.8, 4) is 0 Å². The first-order valence-corrected chi connectivity index (χ1v) is 7.53. The average molecular weight is 276 g/mol. The van der Waals surface area contributed by atoms with Gasteiger partial charge < -0.3 is 5.11 Å². The maximum atomic E-state index is 10.9. The van der Waals surface area contributed by atoms with Crippen LogP contribution in [0, 0.1) is 5.92 Å². The Hall–Kier alpha value is -1.49. The molecule has 2 heterocycles. The molecule has 0 radical (unpaired) electrons. The molecular formula is C14H16N2O2S. The first-order chi connectivity index (χ1) is 9.22. The predicted molar refractivity (Wildman–Crippen MR) is 74.7 cm³/mol. The minimum Gasteiger partial charge on any atom is -0.478 e. The number of carboxylic acids is 1. The molecule has 2 aromatic heterocycles. The van der Waals surface area contributed by atoms with E-state index >= 15 is 0 Å². The van der Waals surface area contributed by atoms with Crippen molar-refractivity contribution in [3.05, 3.63) is 22.8 Å². The Morgan fingerprint density at radius 2 is 2.16 bits per heavy atom. The van der Waals surface area contributed by atoms with Crippen LogP contribution in [-0.2, 0) is 6.42 Å². The van der Waals surface area contributed by atoms with Crippen LogP contribution in [0.25, 0.3) is 10.3 Å². The maximum Gasteiger partial charge on any atom is 0.337 e. The highest BCUT2D eigenvalue weighted by atomic mass is 32.1. The molecule has 1 aliphatic carbocycles. The molecule has 4 nitrogen and oxygen atoms in total. The SMILES string of the molecule is O=C(O)c1cnc2sc(CC3CCCCC3)nc2c1. The van der Waals surface area contributed by atoms with Crippen LogP contribution in [0.2, 0.25) is 0 Å². The molecule has 0 atom stereocenters. The zero-order chi connectivity index (χ0) is 13.2. The van der Waals surface area contributed by atoms with Gasteiger partial charge in [0.15, 0.2) is 0 Å². The third kappa shape index (κ3) is 2.76. The van der Waals surface area contributed by atoms with Crippen molar-refractivity contribution in [3.63, 3.8) is 0 Å². The Morgan fingerprint density at radius 1 is 1.37 bits per heavy atom. The summed E-state index contributed by atoms with van der Waals surface area (Å²) in [5.74, 6) is -0.204. The summed E-state index contributed by atoms with van der Waals surface area (Å²) in [6.07, 6.45) is 9.04. The lowest BCUT2D eigenvalue weighted by atomic mass is 9.87. The zero-order valence-electron chi connectivity index (χ0n) is 10.6. The van der Waals surface area contributed by atoms with E-state index in [9.17, 15) is 4.79 Å². The number of nitrogens with zero attached hydrogens (tertiary/aromatic N) is 2. The third-order valence-corrected chi connectivity index (χ3v) is 4.73. The van der Waals surface area contributed by atoms with Crippen LogP contribution in [0.5, 0.6) is 0 Å². The monoisotopic (exact) mass is 276 g/mol. The number of carboxylic acid groups (broad SMARTS) is 1. The lowest BCUT2D eigenvalue weighted by Crippen LogP contribution is -2.08. The van der Waals surface area contributed by atoms with Gasteiger partial charge in [-0.25, -0.2) is 14.8 Å². The second-order valence-corrected chi connectivity index (χ2v) is 6.23. The van der Waals surface area contributed by atoms with Gasteiger partial charge in [-0.05, 0) is 12.0 Å². The Labute approximate surface area is 115 Å². The normalized spacial score (nSPS) is 16.8. The highest BCUT2D eigenvalue weighted by Crippen LogP contribution is 2.29. The summed E-state index contributed by atoms with van der Waals surface area (Å²) < 4.78 is 0. The second-order valence-electron chi connectivity index (χ2n) is 5.17. The number of aromatic nitrogens is 2. The largest absolute Gasteiger partial charge is 0.478 e. The quantitative estimate of drug-likeness (QED) is 0.931. The molecular weight excluding hydrogens is 260 g/mol. The Morgan fingerprint density at radius 3 is 2.89 bits per heavy atom. The van der Waals surface area contributed by atoms with Gasteiger partial charge in [0, 0.05) is 12.6 Å². The van der Waals surface area contributed by atoms with Crippen LogP contribution < -0.4 is 0 Å². The fourth-order valence-electron chi connectivity index (χ4n) is 2.71. The van der Waals surface area contributed by atoms with Crippen LogP contribution in [0.15, 0.2) is 12.3 Å². The van der Waals surface area contributed by atoms with Gasteiger partial charge in [0.1, 0.15) is 10.3 Å². The van der Waals surface area contributed by atoms with Gasteiger partial charge in [-0.1, -0.05) is 43.4 Å². The zero-order valence-corrected chi connectivity index (χ0v) is 11.4. The van der Waals surface area contributed by atoms with E-state index in [1.807, 2.05) is 0 Å². The maximum absolute atomic E-state index is 10.9. The molecule has 3 rings (SSSR count). The van der Waals surface area contributed by atoms with Crippen LogP contribution in [0.4, 0.5) is 0 Å². The van der Waals surface area contributed by atoms with E-state index in [1.165, 1.54) is 38.3 Å². The summed E-state index contributed by atoms with van der Waals surface area (Å²) in [6, 6.07) is 1.62. The molecule has 1 N–H and O–H groups in total. The number of thiazole rings is 1. The van der Waals surface area contributed by atoms with Crippen molar-refractivity contribution in [2.24, 2.45) is 5.92 Å². The van der Waals surface area contributed by atoms with Crippen LogP contribution in [-0.4, -0.2) is 21.0 Å². The minimum atomic E-state index is -0.948. The molecule has 0 unspecified atom stereocenters. The highest BCUT2D eigenvalue weighted by Gasteiger charge is 2.17. The van der Waals surface area contributed by atoms with Gasteiger partial charge in [-0.3, -0.25) is 0 Å². The number of fused-ring (bicyclic) bond motifs is 1. The molecule has 2 aromatic rings. The number of rotatable bonds is 3. The van der Waals surface area contributed by atoms with Crippen LogP contribution >= 0.6 is 11.3 Å². The van der Waals surface area contributed by atoms with E-state index in [4.69, 9.17) is 5.11 Å². The van der Waals surface area contributed by atoms with Gasteiger partial charge in [-0.15, -0.1) is 0 Å². The summed E-state index contributed by atoms with van der Waals surface area (Å²) in [5, 5.41) is 10.0. The van der Waals surface area contributed by atoms with E-state index in [-0.39, 0.29) is 5.56 Å². The van der Waals surface area contributed by atoms with Gasteiger partial charge in [0.2, 0.25) is 0 Å². The molecule has 0 bridgehead atoms. The molecule has 1 saturated carbocycles. The third-order valence-electron chi connectivity index (χ3n) is 3.73. The van der Waals surface area contributed by atoms with Crippen LogP contribution in [0.1, 0.15) is 47.5 Å². The molecule has 0 spiro atoms. The summed E-state index contributed by atoms with van der Waals surface area (Å²) >= 11 is 1.60. The minimum absolute atomic E-state index is 0.210. The summed E-state index contributed by atoms with van der Waals surface area (Å²) in [7, 11) is 0. The molecule has 0 amide bonds. The highest BCUT2D eigenvalue weighted by molar-refractivity contribution is 7.18. The molecule has 1 fully saturated rings. The lowest BCUT2D eigenvalue weighted by molar-refractivity contribution is 0.0696. The number of carbonyl (C=O) groups is 1. The van der Waals surface area contributed by atoms with Gasteiger partial charge in [0.05, 0.1) is 10.6 Å². The topological polar surface area (TPSA) is 63.1 Å². The summed E-state index contributed by atoms with van der Waals surface area (Å²) in [6.45, 7) is 0. The van der Waals surface area contributed by atoms with Crippen molar-refractivity contribution < 1.29 is 9.90 Å². The Balaban J connectivity index is 1.82. The van der Waals surface area contributed by atoms with E-state index < -0.39 is 5.97 Å². The Bertz CT molecular complexity index is 603. The van der Waals surface area contributed by atoms with Gasteiger partial charge >= 0.3 is 5.97 Å². The Kier molecular flexibility index (Phi) is 3.46. The van der Waals surface area contributed by atoms with Crippen molar-refractivity contribution in [2.75, 3.05) is 0 Å². The molecule has 100 valence electrons. The van der Waals surface area contributed by atoms with Crippen molar-refractivity contribution in [1.82, 2.24) is 9.97 Å². The second kappa shape index (κ2) is 5.25. The molecule has 1 aliphatic rings. The molecule has 19 heavy (non-hydrogen) atoms. The lowest BCUT2D eigenvalue weighted by Gasteiger charge is -2.19. The fraction of sp³-hybridized carbons (Fsp3) is 0.500. The number of pyridine rings is 1. The first kappa shape index (κ1) is 12.5. The van der Waals surface area contributed by atoms with Crippen molar-refractivity contribution in [2.45, 2.75) is 38.5 Å². The van der Waals surface area contributed by atoms with Gasteiger partial charge in [0.25, 0.3) is 0 Å². The standard InChI is InChI=1S/C14H16N2O2S/c17-14(18)10-7-11-13(15-8-10)19-12(16-11)6-9-4-2-1-3-5-9/h7-9H,1-6H2,(H,17,18). The number of hydrogen-bond acceptors (Lipinski definition) is 4. The smallest absolute Gasteiger partial charge is 0.337 e. The summed E-state index contributed by atoms with van der Waals surface area (Å²) in [5.41, 5.74) is 0.928. The summed E-state index contributed by atoms with van der Waals surface area (Å²) in [4.78, 5) is 20.5. The number of hydrogen-bond donors (Lipinski definition) is 1. The van der Waals surface area contributed by atoms with E-state index in [1.54, 1.807) is 17.4 Å². The van der Waals surface area contributed by atoms with Crippen molar-refractivity contribution in [1.29, 1.82) is 0 Å². The van der Waals surface area contributed by atoms with E-state index in [0.717, 1.165) is 27.7 Å². The number of aromatic carboxylic acids is 1. The average Bonchev–Trinajstić information content (AvgIpc) is 2.80. The predicted octanol–water partition coefficient (Wildman–Crippen LogP) is 3.51. The first-order valence-electron chi connectivity index (χ1n) is 6.71. The molecule has 5 heteroatoms. The molecule has 0 aliphatic heterocycles.